The first-order chi connectivity index (χ1) is 8.87. The summed E-state index contributed by atoms with van der Waals surface area (Å²) in [5, 5.41) is 10.1. The highest BCUT2D eigenvalue weighted by atomic mass is 19.4. The fraction of sp³-hybridized carbons (Fsp3) is 0.250. The van der Waals surface area contributed by atoms with Crippen molar-refractivity contribution >= 4 is 0 Å². The lowest BCUT2D eigenvalue weighted by atomic mass is 10.1. The molecule has 0 aliphatic rings. The fourth-order valence-corrected chi connectivity index (χ4v) is 1.68. The first kappa shape index (κ1) is 13.4. The molecule has 0 saturated heterocycles. The average Bonchev–Trinajstić information content (AvgIpc) is 2.72. The molecule has 1 aromatic heterocycles. The minimum absolute atomic E-state index is 0.297. The van der Waals surface area contributed by atoms with Gasteiger partial charge in [-0.05, 0) is 17.7 Å². The fourth-order valence-electron chi connectivity index (χ4n) is 1.68. The van der Waals surface area contributed by atoms with Crippen molar-refractivity contribution in [2.24, 2.45) is 7.05 Å². The maximum Gasteiger partial charge on any atom is 0.573 e. The van der Waals surface area contributed by atoms with Crippen molar-refractivity contribution in [2.45, 2.75) is 12.5 Å². The SMILES string of the molecule is Cn1cncc1C(O)c1cccc(OC(F)(F)F)c1. The van der Waals surface area contributed by atoms with Crippen molar-refractivity contribution < 1.29 is 23.0 Å². The van der Waals surface area contributed by atoms with E-state index >= 15 is 0 Å². The lowest BCUT2D eigenvalue weighted by Crippen LogP contribution is -2.17. The van der Waals surface area contributed by atoms with Crippen LogP contribution in [0.2, 0.25) is 0 Å². The number of imidazole rings is 1. The van der Waals surface area contributed by atoms with E-state index in [2.05, 4.69) is 9.72 Å². The number of rotatable bonds is 3. The molecule has 0 aliphatic heterocycles. The lowest BCUT2D eigenvalue weighted by molar-refractivity contribution is -0.274. The maximum atomic E-state index is 12.1. The van der Waals surface area contributed by atoms with Gasteiger partial charge in [0.25, 0.3) is 0 Å². The highest BCUT2D eigenvalue weighted by Gasteiger charge is 2.31. The van der Waals surface area contributed by atoms with Crippen LogP contribution in [0.25, 0.3) is 0 Å². The van der Waals surface area contributed by atoms with Gasteiger partial charge < -0.3 is 14.4 Å². The van der Waals surface area contributed by atoms with E-state index in [-0.39, 0.29) is 5.75 Å². The Balaban J connectivity index is 2.26. The second-order valence-corrected chi connectivity index (χ2v) is 3.95. The molecule has 19 heavy (non-hydrogen) atoms. The highest BCUT2D eigenvalue weighted by Crippen LogP contribution is 2.27. The minimum atomic E-state index is -4.75. The van der Waals surface area contributed by atoms with Gasteiger partial charge in [-0.25, -0.2) is 4.98 Å². The normalized spacial score (nSPS) is 13.3. The van der Waals surface area contributed by atoms with Crippen LogP contribution in [0.1, 0.15) is 17.4 Å². The topological polar surface area (TPSA) is 47.3 Å². The number of nitrogens with zero attached hydrogens (tertiary/aromatic N) is 2. The summed E-state index contributed by atoms with van der Waals surface area (Å²) in [7, 11) is 1.68. The molecule has 1 heterocycles. The van der Waals surface area contributed by atoms with Gasteiger partial charge in [0.2, 0.25) is 0 Å². The van der Waals surface area contributed by atoms with Crippen LogP contribution in [-0.4, -0.2) is 21.0 Å². The zero-order valence-corrected chi connectivity index (χ0v) is 9.93. The summed E-state index contributed by atoms with van der Waals surface area (Å²) in [5.41, 5.74) is 0.773. The van der Waals surface area contributed by atoms with Gasteiger partial charge >= 0.3 is 6.36 Å². The summed E-state index contributed by atoms with van der Waals surface area (Å²) < 4.78 is 41.7. The zero-order valence-electron chi connectivity index (χ0n) is 9.93. The Hall–Kier alpha value is -2.02. The molecule has 1 N–H and O–H groups in total. The number of alkyl halides is 3. The van der Waals surface area contributed by atoms with Crippen LogP contribution >= 0.6 is 0 Å². The molecule has 0 amide bonds. The lowest BCUT2D eigenvalue weighted by Gasteiger charge is -2.14. The van der Waals surface area contributed by atoms with Crippen molar-refractivity contribution in [3.05, 3.63) is 48.0 Å². The molecule has 1 unspecified atom stereocenters. The molecule has 2 rings (SSSR count). The maximum absolute atomic E-state index is 12.1. The van der Waals surface area contributed by atoms with E-state index in [9.17, 15) is 18.3 Å². The van der Waals surface area contributed by atoms with Crippen molar-refractivity contribution in [1.82, 2.24) is 9.55 Å². The standard InChI is InChI=1S/C12H11F3N2O2/c1-17-7-16-6-10(17)11(18)8-3-2-4-9(5-8)19-12(13,14)15/h2-7,11,18H,1H3. The second kappa shape index (κ2) is 4.93. The third-order valence-corrected chi connectivity index (χ3v) is 2.54. The molecule has 1 atom stereocenters. The second-order valence-electron chi connectivity index (χ2n) is 3.95. The van der Waals surface area contributed by atoms with Gasteiger partial charge in [-0.15, -0.1) is 13.2 Å². The quantitative estimate of drug-likeness (QED) is 0.933. The largest absolute Gasteiger partial charge is 0.573 e. The van der Waals surface area contributed by atoms with Gasteiger partial charge in [0.1, 0.15) is 11.9 Å². The zero-order chi connectivity index (χ0) is 14.0. The van der Waals surface area contributed by atoms with E-state index in [1.165, 1.54) is 30.7 Å². The molecule has 0 radical (unpaired) electrons. The third kappa shape index (κ3) is 3.25. The first-order valence-corrected chi connectivity index (χ1v) is 5.37. The van der Waals surface area contributed by atoms with Crippen LogP contribution in [0, 0.1) is 0 Å². The summed E-state index contributed by atoms with van der Waals surface area (Å²) in [6.45, 7) is 0. The Morgan fingerprint density at radius 3 is 2.68 bits per heavy atom. The van der Waals surface area contributed by atoms with E-state index < -0.39 is 12.5 Å². The number of aliphatic hydroxyl groups excluding tert-OH is 1. The number of hydrogen-bond acceptors (Lipinski definition) is 3. The average molecular weight is 272 g/mol. The Labute approximate surface area is 107 Å². The van der Waals surface area contributed by atoms with Gasteiger partial charge in [-0.2, -0.15) is 0 Å². The third-order valence-electron chi connectivity index (χ3n) is 2.54. The molecule has 2 aromatic rings. The van der Waals surface area contributed by atoms with E-state index in [4.69, 9.17) is 0 Å². The molecule has 102 valence electrons. The molecular weight excluding hydrogens is 261 g/mol. The predicted molar refractivity (Wildman–Crippen MR) is 60.4 cm³/mol. The van der Waals surface area contributed by atoms with E-state index in [0.717, 1.165) is 6.07 Å². The molecule has 4 nitrogen and oxygen atoms in total. The highest BCUT2D eigenvalue weighted by molar-refractivity contribution is 5.33. The number of aryl methyl sites for hydroxylation is 1. The molecule has 7 heteroatoms. The minimum Gasteiger partial charge on any atom is -0.406 e. The van der Waals surface area contributed by atoms with E-state index in [1.54, 1.807) is 11.6 Å². The number of aromatic nitrogens is 2. The van der Waals surface area contributed by atoms with E-state index in [0.29, 0.717) is 11.3 Å². The van der Waals surface area contributed by atoms with Crippen LogP contribution < -0.4 is 4.74 Å². The van der Waals surface area contributed by atoms with Crippen LogP contribution in [0.15, 0.2) is 36.8 Å². The number of aliphatic hydroxyl groups is 1. The van der Waals surface area contributed by atoms with E-state index in [1.807, 2.05) is 0 Å². The Kier molecular flexibility index (Phi) is 3.48. The molecule has 0 fully saturated rings. The van der Waals surface area contributed by atoms with Gasteiger partial charge in [0, 0.05) is 7.05 Å². The van der Waals surface area contributed by atoms with Crippen LogP contribution in [0.3, 0.4) is 0 Å². The smallest absolute Gasteiger partial charge is 0.406 e. The van der Waals surface area contributed by atoms with Crippen molar-refractivity contribution in [2.75, 3.05) is 0 Å². The Bertz CT molecular complexity index is 566. The summed E-state index contributed by atoms with van der Waals surface area (Å²) in [6.07, 6.45) is -2.88. The van der Waals surface area contributed by atoms with Crippen molar-refractivity contribution in [3.63, 3.8) is 0 Å². The first-order valence-electron chi connectivity index (χ1n) is 5.37. The monoisotopic (exact) mass is 272 g/mol. The summed E-state index contributed by atoms with van der Waals surface area (Å²) in [4.78, 5) is 3.84. The Morgan fingerprint density at radius 2 is 2.11 bits per heavy atom. The molecule has 0 bridgehead atoms. The van der Waals surface area contributed by atoms with Crippen molar-refractivity contribution in [3.8, 4) is 5.75 Å². The molecule has 1 aromatic carbocycles. The van der Waals surface area contributed by atoms with Gasteiger partial charge in [-0.1, -0.05) is 12.1 Å². The number of benzene rings is 1. The van der Waals surface area contributed by atoms with Gasteiger partial charge in [0.15, 0.2) is 0 Å². The molecular formula is C12H11F3N2O2. The molecule has 0 spiro atoms. The Morgan fingerprint density at radius 1 is 1.37 bits per heavy atom. The van der Waals surface area contributed by atoms with Crippen molar-refractivity contribution in [1.29, 1.82) is 0 Å². The van der Waals surface area contributed by atoms with Crippen LogP contribution in [0.4, 0.5) is 13.2 Å². The van der Waals surface area contributed by atoms with Crippen LogP contribution in [0.5, 0.6) is 5.75 Å². The van der Waals surface area contributed by atoms with Gasteiger partial charge in [0.05, 0.1) is 18.2 Å². The summed E-state index contributed by atoms with van der Waals surface area (Å²) >= 11 is 0. The summed E-state index contributed by atoms with van der Waals surface area (Å²) in [5.74, 6) is -0.369. The predicted octanol–water partition coefficient (Wildman–Crippen LogP) is 2.40. The number of ether oxygens (including phenoxy) is 1. The van der Waals surface area contributed by atoms with Crippen LogP contribution in [-0.2, 0) is 7.05 Å². The number of halogens is 3. The molecule has 0 saturated carbocycles. The van der Waals surface area contributed by atoms with Gasteiger partial charge in [-0.3, -0.25) is 0 Å². The molecule has 0 aliphatic carbocycles. The summed E-state index contributed by atoms with van der Waals surface area (Å²) in [6, 6.07) is 5.22. The number of hydrogen-bond donors (Lipinski definition) is 1.